The minimum Gasteiger partial charge on any atom is -0.376 e. The fourth-order valence-corrected chi connectivity index (χ4v) is 4.00. The van der Waals surface area contributed by atoms with Crippen LogP contribution in [0.5, 0.6) is 0 Å². The number of halogens is 1. The molecule has 0 radical (unpaired) electrons. The highest BCUT2D eigenvalue weighted by Gasteiger charge is 2.30. The second kappa shape index (κ2) is 9.13. The van der Waals surface area contributed by atoms with Crippen LogP contribution in [0.3, 0.4) is 0 Å². The maximum absolute atomic E-state index is 13.0. The first-order valence-corrected chi connectivity index (χ1v) is 9.99. The normalized spacial score (nSPS) is 19.6. The third-order valence-corrected chi connectivity index (χ3v) is 5.51. The van der Waals surface area contributed by atoms with Gasteiger partial charge in [0.05, 0.1) is 12.7 Å². The van der Waals surface area contributed by atoms with E-state index in [2.05, 4.69) is 66.0 Å². The number of rotatable bonds is 6. The minimum absolute atomic E-state index is 0.175. The number of ether oxygens (including phenoxy) is 1. The number of hydrogen-bond acceptors (Lipinski definition) is 2. The second-order valence-electron chi connectivity index (χ2n) is 7.45. The summed E-state index contributed by atoms with van der Waals surface area (Å²) >= 11 is 0. The van der Waals surface area contributed by atoms with Crippen molar-refractivity contribution in [3.05, 3.63) is 107 Å². The van der Waals surface area contributed by atoms with E-state index in [1.54, 1.807) is 0 Å². The highest BCUT2D eigenvalue weighted by atomic mass is 19.1. The van der Waals surface area contributed by atoms with Gasteiger partial charge in [0.2, 0.25) is 0 Å². The molecular formula is C25H26FNO. The Morgan fingerprint density at radius 2 is 1.43 bits per heavy atom. The van der Waals surface area contributed by atoms with Crippen LogP contribution in [0, 0.1) is 5.82 Å². The summed E-state index contributed by atoms with van der Waals surface area (Å²) in [5, 5.41) is 3.55. The molecule has 144 valence electrons. The SMILES string of the molecule is Fc1ccc(CN[C@@H]2CC[C@H](C(c3ccccc3)c3ccccc3)OC2)cc1. The molecular weight excluding hydrogens is 349 g/mol. The summed E-state index contributed by atoms with van der Waals surface area (Å²) in [5.74, 6) is 0.0564. The summed E-state index contributed by atoms with van der Waals surface area (Å²) in [6, 6.07) is 28.3. The zero-order chi connectivity index (χ0) is 19.2. The molecule has 0 aromatic heterocycles. The summed E-state index contributed by atoms with van der Waals surface area (Å²) in [7, 11) is 0. The van der Waals surface area contributed by atoms with Gasteiger partial charge in [0, 0.05) is 18.5 Å². The van der Waals surface area contributed by atoms with Crippen molar-refractivity contribution in [3.8, 4) is 0 Å². The van der Waals surface area contributed by atoms with E-state index in [1.165, 1.54) is 23.3 Å². The smallest absolute Gasteiger partial charge is 0.123 e. The van der Waals surface area contributed by atoms with E-state index in [0.717, 1.165) is 24.9 Å². The second-order valence-corrected chi connectivity index (χ2v) is 7.45. The molecule has 3 heteroatoms. The Hall–Kier alpha value is -2.49. The molecule has 0 unspecified atom stereocenters. The Kier molecular flexibility index (Phi) is 6.15. The van der Waals surface area contributed by atoms with Crippen LogP contribution < -0.4 is 5.32 Å². The van der Waals surface area contributed by atoms with Gasteiger partial charge in [-0.05, 0) is 41.7 Å². The molecule has 0 aliphatic carbocycles. The molecule has 0 bridgehead atoms. The molecule has 4 rings (SSSR count). The molecule has 1 saturated heterocycles. The monoisotopic (exact) mass is 375 g/mol. The predicted octanol–water partition coefficient (Wildman–Crippen LogP) is 5.30. The largest absolute Gasteiger partial charge is 0.376 e. The van der Waals surface area contributed by atoms with E-state index in [9.17, 15) is 4.39 Å². The fourth-order valence-electron chi connectivity index (χ4n) is 4.00. The Bertz CT molecular complexity index is 803. The van der Waals surface area contributed by atoms with E-state index >= 15 is 0 Å². The quantitative estimate of drug-likeness (QED) is 0.632. The van der Waals surface area contributed by atoms with Crippen LogP contribution in [0.15, 0.2) is 84.9 Å². The summed E-state index contributed by atoms with van der Waals surface area (Å²) in [6.07, 6.45) is 2.26. The van der Waals surface area contributed by atoms with Gasteiger partial charge >= 0.3 is 0 Å². The number of hydrogen-bond donors (Lipinski definition) is 1. The molecule has 1 N–H and O–H groups in total. The van der Waals surface area contributed by atoms with Crippen molar-refractivity contribution in [2.75, 3.05) is 6.61 Å². The van der Waals surface area contributed by atoms with E-state index in [1.807, 2.05) is 12.1 Å². The predicted molar refractivity (Wildman–Crippen MR) is 111 cm³/mol. The van der Waals surface area contributed by atoms with Gasteiger partial charge < -0.3 is 10.1 Å². The van der Waals surface area contributed by atoms with Crippen molar-refractivity contribution in [2.24, 2.45) is 0 Å². The topological polar surface area (TPSA) is 21.3 Å². The Labute approximate surface area is 166 Å². The Morgan fingerprint density at radius 1 is 0.821 bits per heavy atom. The number of nitrogens with one attached hydrogen (secondary N) is 1. The fraction of sp³-hybridized carbons (Fsp3) is 0.280. The van der Waals surface area contributed by atoms with Crippen LogP contribution >= 0.6 is 0 Å². The zero-order valence-corrected chi connectivity index (χ0v) is 15.9. The number of benzene rings is 3. The third kappa shape index (κ3) is 4.67. The molecule has 2 nitrogen and oxygen atoms in total. The molecule has 1 fully saturated rings. The van der Waals surface area contributed by atoms with Crippen LogP contribution in [0.25, 0.3) is 0 Å². The van der Waals surface area contributed by atoms with Crippen molar-refractivity contribution in [1.82, 2.24) is 5.32 Å². The van der Waals surface area contributed by atoms with Crippen LogP contribution in [-0.2, 0) is 11.3 Å². The lowest BCUT2D eigenvalue weighted by Crippen LogP contribution is -2.41. The van der Waals surface area contributed by atoms with Crippen molar-refractivity contribution < 1.29 is 9.13 Å². The first kappa shape index (κ1) is 18.9. The average Bonchev–Trinajstić information content (AvgIpc) is 2.76. The van der Waals surface area contributed by atoms with Crippen molar-refractivity contribution in [1.29, 1.82) is 0 Å². The standard InChI is InChI=1S/C25H26FNO/c26-22-13-11-19(12-14-22)17-27-23-15-16-24(28-18-23)25(20-7-3-1-4-8-20)21-9-5-2-6-10-21/h1-14,23-25,27H,15-18H2/t23-,24-/m1/s1. The van der Waals surface area contributed by atoms with Gasteiger partial charge in [0.15, 0.2) is 0 Å². The van der Waals surface area contributed by atoms with Crippen LogP contribution in [-0.4, -0.2) is 18.8 Å². The van der Waals surface area contributed by atoms with Gasteiger partial charge in [-0.25, -0.2) is 4.39 Å². The molecule has 1 aliphatic rings. The molecule has 0 spiro atoms. The van der Waals surface area contributed by atoms with Gasteiger partial charge in [-0.2, -0.15) is 0 Å². The molecule has 28 heavy (non-hydrogen) atoms. The molecule has 0 saturated carbocycles. The molecule has 3 aromatic carbocycles. The van der Waals surface area contributed by atoms with E-state index in [0.29, 0.717) is 12.6 Å². The molecule has 3 aromatic rings. The molecule has 0 amide bonds. The summed E-state index contributed by atoms with van der Waals surface area (Å²) < 4.78 is 19.4. The highest BCUT2D eigenvalue weighted by molar-refractivity contribution is 5.34. The van der Waals surface area contributed by atoms with Crippen LogP contribution in [0.2, 0.25) is 0 Å². The zero-order valence-electron chi connectivity index (χ0n) is 15.9. The summed E-state index contributed by atoms with van der Waals surface area (Å²) in [5.41, 5.74) is 3.70. The third-order valence-electron chi connectivity index (χ3n) is 5.51. The van der Waals surface area contributed by atoms with Gasteiger partial charge in [-0.3, -0.25) is 0 Å². The Morgan fingerprint density at radius 3 is 1.96 bits per heavy atom. The van der Waals surface area contributed by atoms with E-state index in [-0.39, 0.29) is 17.8 Å². The maximum atomic E-state index is 13.0. The maximum Gasteiger partial charge on any atom is 0.123 e. The lowest BCUT2D eigenvalue weighted by Gasteiger charge is -2.35. The molecule has 1 aliphatic heterocycles. The first-order chi connectivity index (χ1) is 13.8. The van der Waals surface area contributed by atoms with Gasteiger partial charge in [0.1, 0.15) is 5.82 Å². The minimum atomic E-state index is -0.194. The molecule has 2 atom stereocenters. The highest BCUT2D eigenvalue weighted by Crippen LogP contribution is 2.34. The van der Waals surface area contributed by atoms with Gasteiger partial charge in [-0.1, -0.05) is 72.8 Å². The van der Waals surface area contributed by atoms with Crippen molar-refractivity contribution in [3.63, 3.8) is 0 Å². The van der Waals surface area contributed by atoms with Crippen molar-refractivity contribution in [2.45, 2.75) is 37.5 Å². The Balaban J connectivity index is 1.40. The lowest BCUT2D eigenvalue weighted by atomic mass is 9.83. The van der Waals surface area contributed by atoms with Crippen LogP contribution in [0.1, 0.15) is 35.4 Å². The van der Waals surface area contributed by atoms with Crippen LogP contribution in [0.4, 0.5) is 4.39 Å². The lowest BCUT2D eigenvalue weighted by molar-refractivity contribution is -0.0116. The van der Waals surface area contributed by atoms with E-state index < -0.39 is 0 Å². The summed E-state index contributed by atoms with van der Waals surface area (Å²) in [4.78, 5) is 0. The van der Waals surface area contributed by atoms with Gasteiger partial charge in [0.25, 0.3) is 0 Å². The summed E-state index contributed by atoms with van der Waals surface area (Å²) in [6.45, 7) is 1.43. The first-order valence-electron chi connectivity index (χ1n) is 9.99. The average molecular weight is 375 g/mol. The van der Waals surface area contributed by atoms with E-state index in [4.69, 9.17) is 4.74 Å². The van der Waals surface area contributed by atoms with Gasteiger partial charge in [-0.15, -0.1) is 0 Å². The van der Waals surface area contributed by atoms with Crippen molar-refractivity contribution >= 4 is 0 Å². The molecule has 1 heterocycles.